The summed E-state index contributed by atoms with van der Waals surface area (Å²) in [6.07, 6.45) is 6.75. The van der Waals surface area contributed by atoms with Crippen molar-refractivity contribution in [2.24, 2.45) is 5.16 Å². The van der Waals surface area contributed by atoms with Gasteiger partial charge in [0, 0.05) is 0 Å². The van der Waals surface area contributed by atoms with Crippen LogP contribution in [0.15, 0.2) is 29.0 Å². The Hall–Kier alpha value is -1.05. The van der Waals surface area contributed by atoms with Crippen molar-refractivity contribution >= 4 is 5.71 Å². The molecule has 0 aromatic rings. The fourth-order valence-electron chi connectivity index (χ4n) is 0.773. The van der Waals surface area contributed by atoms with Gasteiger partial charge in [-0.2, -0.15) is 0 Å². The zero-order valence-electron chi connectivity index (χ0n) is 5.33. The van der Waals surface area contributed by atoms with Gasteiger partial charge in [-0.15, -0.1) is 0 Å². The summed E-state index contributed by atoms with van der Waals surface area (Å²) in [6, 6.07) is 0. The van der Waals surface area contributed by atoms with Crippen LogP contribution >= 0.6 is 0 Å². The molecule has 0 aliphatic heterocycles. The van der Waals surface area contributed by atoms with Crippen molar-refractivity contribution in [3.63, 3.8) is 0 Å². The zero-order valence-corrected chi connectivity index (χ0v) is 5.33. The van der Waals surface area contributed by atoms with Crippen molar-refractivity contribution < 1.29 is 5.21 Å². The van der Waals surface area contributed by atoms with Crippen molar-refractivity contribution in [3.8, 4) is 0 Å². The molecule has 1 N–H and O–H groups in total. The normalized spacial score (nSPS) is 22.3. The van der Waals surface area contributed by atoms with Crippen LogP contribution in [0.2, 0.25) is 0 Å². The Morgan fingerprint density at radius 3 is 2.89 bits per heavy atom. The molecule has 1 rings (SSSR count). The second-order valence-electron chi connectivity index (χ2n) is 2.01. The number of hydrogen-bond acceptors (Lipinski definition) is 2. The Morgan fingerprint density at radius 1 is 1.67 bits per heavy atom. The first-order valence-electron chi connectivity index (χ1n) is 2.90. The van der Waals surface area contributed by atoms with Crippen LogP contribution < -0.4 is 0 Å². The van der Waals surface area contributed by atoms with Crippen LogP contribution in [0.3, 0.4) is 0 Å². The number of oxime groups is 1. The summed E-state index contributed by atoms with van der Waals surface area (Å²) in [5.74, 6) is 0. The maximum absolute atomic E-state index is 8.36. The number of rotatable bonds is 0. The molecule has 0 bridgehead atoms. The van der Waals surface area contributed by atoms with Crippen molar-refractivity contribution in [2.45, 2.75) is 13.3 Å². The lowest BCUT2D eigenvalue weighted by Crippen LogP contribution is -1.98. The van der Waals surface area contributed by atoms with Crippen molar-refractivity contribution in [1.29, 1.82) is 0 Å². The summed E-state index contributed by atoms with van der Waals surface area (Å²) in [4.78, 5) is 0. The standard InChI is InChI=1S/C7H9NO/c1-6-4-2-3-5-7(6)8-9/h3-5,9H,2H2,1H3. The van der Waals surface area contributed by atoms with Gasteiger partial charge in [-0.1, -0.05) is 17.3 Å². The number of allylic oxidation sites excluding steroid dienone is 4. The second-order valence-corrected chi connectivity index (χ2v) is 2.01. The van der Waals surface area contributed by atoms with Crippen LogP contribution in [0.25, 0.3) is 0 Å². The van der Waals surface area contributed by atoms with E-state index < -0.39 is 0 Å². The molecule has 2 nitrogen and oxygen atoms in total. The SMILES string of the molecule is CC1=CCC=CC1=NO. The van der Waals surface area contributed by atoms with E-state index in [9.17, 15) is 0 Å². The Morgan fingerprint density at radius 2 is 2.44 bits per heavy atom. The lowest BCUT2D eigenvalue weighted by Gasteiger charge is -2.01. The molecule has 0 fully saturated rings. The highest BCUT2D eigenvalue weighted by molar-refractivity contribution is 6.08. The minimum atomic E-state index is 0.668. The maximum Gasteiger partial charge on any atom is 0.104 e. The summed E-state index contributed by atoms with van der Waals surface area (Å²) in [5.41, 5.74) is 1.71. The van der Waals surface area contributed by atoms with E-state index in [-0.39, 0.29) is 0 Å². The Balaban J connectivity index is 2.83. The minimum Gasteiger partial charge on any atom is -0.410 e. The van der Waals surface area contributed by atoms with E-state index in [0.717, 1.165) is 12.0 Å². The van der Waals surface area contributed by atoms with Crippen LogP contribution in [0.4, 0.5) is 0 Å². The second kappa shape index (κ2) is 2.49. The fraction of sp³-hybridized carbons (Fsp3) is 0.286. The van der Waals surface area contributed by atoms with Gasteiger partial charge in [-0.25, -0.2) is 0 Å². The summed E-state index contributed by atoms with van der Waals surface area (Å²) in [6.45, 7) is 1.93. The molecule has 0 radical (unpaired) electrons. The van der Waals surface area contributed by atoms with Crippen molar-refractivity contribution in [2.75, 3.05) is 0 Å². The van der Waals surface area contributed by atoms with Gasteiger partial charge in [-0.3, -0.25) is 0 Å². The quantitative estimate of drug-likeness (QED) is 0.386. The lowest BCUT2D eigenvalue weighted by molar-refractivity contribution is 0.319. The summed E-state index contributed by atoms with van der Waals surface area (Å²) in [7, 11) is 0. The molecular formula is C7H9NO. The molecule has 48 valence electrons. The average molecular weight is 123 g/mol. The molecule has 0 aromatic heterocycles. The first-order valence-corrected chi connectivity index (χ1v) is 2.90. The third-order valence-electron chi connectivity index (χ3n) is 1.35. The molecule has 0 saturated heterocycles. The van der Waals surface area contributed by atoms with Crippen LogP contribution in [-0.4, -0.2) is 10.9 Å². The average Bonchev–Trinajstić information content (AvgIpc) is 1.89. The van der Waals surface area contributed by atoms with E-state index in [0.29, 0.717) is 5.71 Å². The molecule has 0 heterocycles. The highest BCUT2D eigenvalue weighted by Gasteiger charge is 1.99. The van der Waals surface area contributed by atoms with Gasteiger partial charge in [0.1, 0.15) is 5.71 Å². The topological polar surface area (TPSA) is 32.6 Å². The van der Waals surface area contributed by atoms with E-state index in [1.165, 1.54) is 0 Å². The largest absolute Gasteiger partial charge is 0.410 e. The van der Waals surface area contributed by atoms with E-state index in [1.807, 2.05) is 25.2 Å². The Bertz CT molecular complexity index is 189. The highest BCUT2D eigenvalue weighted by Crippen LogP contribution is 2.06. The molecule has 0 saturated carbocycles. The third-order valence-corrected chi connectivity index (χ3v) is 1.35. The van der Waals surface area contributed by atoms with Crippen molar-refractivity contribution in [3.05, 3.63) is 23.8 Å². The predicted molar refractivity (Wildman–Crippen MR) is 36.7 cm³/mol. The van der Waals surface area contributed by atoms with Gasteiger partial charge in [0.15, 0.2) is 0 Å². The Kier molecular flexibility index (Phi) is 1.68. The van der Waals surface area contributed by atoms with Crippen LogP contribution in [0.5, 0.6) is 0 Å². The molecule has 0 spiro atoms. The monoisotopic (exact) mass is 123 g/mol. The van der Waals surface area contributed by atoms with Crippen LogP contribution in [0.1, 0.15) is 13.3 Å². The van der Waals surface area contributed by atoms with Gasteiger partial charge in [-0.05, 0) is 25.0 Å². The first-order chi connectivity index (χ1) is 4.34. The molecule has 0 aromatic carbocycles. The highest BCUT2D eigenvalue weighted by atomic mass is 16.4. The molecule has 0 unspecified atom stereocenters. The molecule has 0 atom stereocenters. The Labute approximate surface area is 54.2 Å². The van der Waals surface area contributed by atoms with Crippen molar-refractivity contribution in [1.82, 2.24) is 0 Å². The molecule has 2 heteroatoms. The van der Waals surface area contributed by atoms with Gasteiger partial charge >= 0.3 is 0 Å². The number of hydrogen-bond donors (Lipinski definition) is 1. The lowest BCUT2D eigenvalue weighted by atomic mass is 10.1. The molecule has 1 aliphatic rings. The molecule has 9 heavy (non-hydrogen) atoms. The summed E-state index contributed by atoms with van der Waals surface area (Å²) >= 11 is 0. The third kappa shape index (κ3) is 1.19. The predicted octanol–water partition coefficient (Wildman–Crippen LogP) is 1.72. The van der Waals surface area contributed by atoms with E-state index in [2.05, 4.69) is 5.16 Å². The van der Waals surface area contributed by atoms with Gasteiger partial charge in [0.25, 0.3) is 0 Å². The van der Waals surface area contributed by atoms with E-state index in [1.54, 1.807) is 0 Å². The summed E-state index contributed by atoms with van der Waals surface area (Å²) in [5, 5.41) is 11.4. The maximum atomic E-state index is 8.36. The smallest absolute Gasteiger partial charge is 0.104 e. The van der Waals surface area contributed by atoms with Gasteiger partial charge in [0.05, 0.1) is 0 Å². The summed E-state index contributed by atoms with van der Waals surface area (Å²) < 4.78 is 0. The molecule has 1 aliphatic carbocycles. The molecule has 0 amide bonds. The zero-order chi connectivity index (χ0) is 6.69. The van der Waals surface area contributed by atoms with Gasteiger partial charge in [0.2, 0.25) is 0 Å². The fourth-order valence-corrected chi connectivity index (χ4v) is 0.773. The number of nitrogens with zero attached hydrogens (tertiary/aromatic N) is 1. The van der Waals surface area contributed by atoms with Crippen LogP contribution in [0, 0.1) is 0 Å². The van der Waals surface area contributed by atoms with E-state index in [4.69, 9.17) is 5.21 Å². The molecular weight excluding hydrogens is 114 g/mol. The first kappa shape index (κ1) is 6.08. The minimum absolute atomic E-state index is 0.668. The van der Waals surface area contributed by atoms with E-state index >= 15 is 0 Å². The van der Waals surface area contributed by atoms with Gasteiger partial charge < -0.3 is 5.21 Å². The van der Waals surface area contributed by atoms with Crippen LogP contribution in [-0.2, 0) is 0 Å².